The van der Waals surface area contributed by atoms with Gasteiger partial charge in [-0.05, 0) is 44.9 Å². The van der Waals surface area contributed by atoms with Crippen LogP contribution in [0.25, 0.3) is 0 Å². The van der Waals surface area contributed by atoms with Crippen molar-refractivity contribution in [1.82, 2.24) is 9.88 Å². The molecule has 1 aliphatic heterocycles. The van der Waals surface area contributed by atoms with E-state index in [1.807, 2.05) is 4.90 Å². The number of allylic oxidation sites excluding steroid dienone is 2. The SMILES string of the molecule is CCOC(=O)c1csc([C@H]2CCCN2C(=O)C[C@@H]2C=CCCC2)n1. The van der Waals surface area contributed by atoms with Crippen LogP contribution in [-0.2, 0) is 9.53 Å². The van der Waals surface area contributed by atoms with Gasteiger partial charge in [0.2, 0.25) is 5.91 Å². The number of amides is 1. The molecule has 1 fully saturated rings. The van der Waals surface area contributed by atoms with Crippen LogP contribution in [0.5, 0.6) is 0 Å². The second kappa shape index (κ2) is 7.92. The highest BCUT2D eigenvalue weighted by molar-refractivity contribution is 7.09. The highest BCUT2D eigenvalue weighted by Gasteiger charge is 2.33. The molecule has 1 saturated heterocycles. The molecule has 5 nitrogen and oxygen atoms in total. The molecule has 0 unspecified atom stereocenters. The van der Waals surface area contributed by atoms with Crippen molar-refractivity contribution in [2.75, 3.05) is 13.2 Å². The molecule has 1 amide bonds. The minimum atomic E-state index is -0.386. The zero-order valence-electron chi connectivity index (χ0n) is 14.1. The van der Waals surface area contributed by atoms with Crippen molar-refractivity contribution in [3.63, 3.8) is 0 Å². The summed E-state index contributed by atoms with van der Waals surface area (Å²) in [4.78, 5) is 30.9. The van der Waals surface area contributed by atoms with Crippen molar-refractivity contribution in [2.45, 2.75) is 51.5 Å². The van der Waals surface area contributed by atoms with Crippen LogP contribution in [0, 0.1) is 5.92 Å². The minimum absolute atomic E-state index is 0.0123. The van der Waals surface area contributed by atoms with Gasteiger partial charge in [-0.3, -0.25) is 4.79 Å². The predicted molar refractivity (Wildman–Crippen MR) is 92.9 cm³/mol. The normalized spacial score (nSPS) is 23.5. The fourth-order valence-corrected chi connectivity index (χ4v) is 4.39. The first-order chi connectivity index (χ1) is 11.7. The molecule has 6 heteroatoms. The van der Waals surface area contributed by atoms with Crippen molar-refractivity contribution < 1.29 is 14.3 Å². The summed E-state index contributed by atoms with van der Waals surface area (Å²) < 4.78 is 5.00. The molecule has 1 aromatic rings. The average molecular weight is 348 g/mol. The number of carbonyl (C=O) groups excluding carboxylic acids is 2. The van der Waals surface area contributed by atoms with Crippen LogP contribution in [0.1, 0.15) is 67.0 Å². The Morgan fingerprint density at radius 3 is 3.00 bits per heavy atom. The summed E-state index contributed by atoms with van der Waals surface area (Å²) in [6.07, 6.45) is 10.3. The second-order valence-electron chi connectivity index (χ2n) is 6.36. The van der Waals surface area contributed by atoms with Crippen LogP contribution in [0.2, 0.25) is 0 Å². The van der Waals surface area contributed by atoms with Gasteiger partial charge in [-0.2, -0.15) is 0 Å². The molecular weight excluding hydrogens is 324 g/mol. The van der Waals surface area contributed by atoms with E-state index in [9.17, 15) is 9.59 Å². The Morgan fingerprint density at radius 2 is 2.25 bits per heavy atom. The second-order valence-corrected chi connectivity index (χ2v) is 7.25. The van der Waals surface area contributed by atoms with E-state index in [0.29, 0.717) is 24.6 Å². The Morgan fingerprint density at radius 1 is 1.38 bits per heavy atom. The minimum Gasteiger partial charge on any atom is -0.461 e. The van der Waals surface area contributed by atoms with Gasteiger partial charge in [0.15, 0.2) is 5.69 Å². The molecular formula is C18H24N2O3S. The number of esters is 1. The number of carbonyl (C=O) groups is 2. The van der Waals surface area contributed by atoms with Crippen molar-refractivity contribution in [1.29, 1.82) is 0 Å². The molecule has 0 aromatic carbocycles. The third kappa shape index (κ3) is 3.86. The first-order valence-electron chi connectivity index (χ1n) is 8.77. The number of hydrogen-bond donors (Lipinski definition) is 0. The zero-order chi connectivity index (χ0) is 16.9. The lowest BCUT2D eigenvalue weighted by atomic mass is 9.92. The average Bonchev–Trinajstić information content (AvgIpc) is 3.25. The number of thiazole rings is 1. The van der Waals surface area contributed by atoms with E-state index in [0.717, 1.165) is 37.2 Å². The van der Waals surface area contributed by atoms with Crippen LogP contribution < -0.4 is 0 Å². The Hall–Kier alpha value is -1.69. The number of hydrogen-bond acceptors (Lipinski definition) is 5. The summed E-state index contributed by atoms with van der Waals surface area (Å²) in [6, 6.07) is 0.0123. The molecule has 0 radical (unpaired) electrons. The van der Waals surface area contributed by atoms with Crippen LogP contribution in [0.4, 0.5) is 0 Å². The van der Waals surface area contributed by atoms with Gasteiger partial charge in [0.25, 0.3) is 0 Å². The van der Waals surface area contributed by atoms with Gasteiger partial charge >= 0.3 is 5.97 Å². The molecule has 0 spiro atoms. The number of nitrogens with zero attached hydrogens (tertiary/aromatic N) is 2. The molecule has 130 valence electrons. The molecule has 2 heterocycles. The lowest BCUT2D eigenvalue weighted by Crippen LogP contribution is -2.32. The van der Waals surface area contributed by atoms with Crippen molar-refractivity contribution in [3.8, 4) is 0 Å². The van der Waals surface area contributed by atoms with Crippen molar-refractivity contribution in [2.24, 2.45) is 5.92 Å². The van der Waals surface area contributed by atoms with Crippen molar-refractivity contribution in [3.05, 3.63) is 28.2 Å². The molecule has 0 bridgehead atoms. The smallest absolute Gasteiger partial charge is 0.357 e. The fraction of sp³-hybridized carbons (Fsp3) is 0.611. The van der Waals surface area contributed by atoms with E-state index in [1.165, 1.54) is 17.8 Å². The molecule has 3 rings (SSSR count). The standard InChI is InChI=1S/C18H24N2O3S/c1-2-23-18(22)14-12-24-17(19-14)15-9-6-10-20(15)16(21)11-13-7-4-3-5-8-13/h4,7,12-13,15H,2-3,5-6,8-11H2,1H3/t13-,15-/m1/s1. The third-order valence-electron chi connectivity index (χ3n) is 4.66. The fourth-order valence-electron chi connectivity index (χ4n) is 3.46. The van der Waals surface area contributed by atoms with Crippen LogP contribution >= 0.6 is 11.3 Å². The van der Waals surface area contributed by atoms with Gasteiger partial charge in [-0.1, -0.05) is 12.2 Å². The van der Waals surface area contributed by atoms with E-state index in [1.54, 1.807) is 12.3 Å². The van der Waals surface area contributed by atoms with Gasteiger partial charge < -0.3 is 9.64 Å². The van der Waals surface area contributed by atoms with E-state index in [2.05, 4.69) is 17.1 Å². The Bertz CT molecular complexity index is 626. The number of ether oxygens (including phenoxy) is 1. The summed E-state index contributed by atoms with van der Waals surface area (Å²) in [5.41, 5.74) is 0.353. The van der Waals surface area contributed by atoms with Gasteiger partial charge in [0.05, 0.1) is 12.6 Å². The maximum atomic E-state index is 12.7. The molecule has 2 aliphatic rings. The van der Waals surface area contributed by atoms with E-state index < -0.39 is 0 Å². The molecule has 0 saturated carbocycles. The summed E-state index contributed by atoms with van der Waals surface area (Å²) >= 11 is 1.45. The Kier molecular flexibility index (Phi) is 5.66. The van der Waals surface area contributed by atoms with E-state index >= 15 is 0 Å². The number of aromatic nitrogens is 1. The Labute approximate surface area is 146 Å². The van der Waals surface area contributed by atoms with Crippen molar-refractivity contribution >= 4 is 23.2 Å². The maximum Gasteiger partial charge on any atom is 0.357 e. The molecule has 2 atom stereocenters. The summed E-state index contributed by atoms with van der Waals surface area (Å²) in [6.45, 7) is 2.91. The van der Waals surface area contributed by atoms with Gasteiger partial charge in [0, 0.05) is 18.3 Å². The first kappa shape index (κ1) is 17.1. The summed E-state index contributed by atoms with van der Waals surface area (Å²) in [7, 11) is 0. The first-order valence-corrected chi connectivity index (χ1v) is 9.65. The summed E-state index contributed by atoms with van der Waals surface area (Å²) in [5, 5.41) is 2.58. The lowest BCUT2D eigenvalue weighted by Gasteiger charge is -2.25. The molecule has 0 N–H and O–H groups in total. The van der Waals surface area contributed by atoms with Gasteiger partial charge in [-0.25, -0.2) is 9.78 Å². The molecule has 1 aliphatic carbocycles. The van der Waals surface area contributed by atoms with E-state index in [4.69, 9.17) is 4.74 Å². The topological polar surface area (TPSA) is 59.5 Å². The van der Waals surface area contributed by atoms with Gasteiger partial charge in [-0.15, -0.1) is 11.3 Å². The molecule has 1 aromatic heterocycles. The lowest BCUT2D eigenvalue weighted by molar-refractivity contribution is -0.132. The monoisotopic (exact) mass is 348 g/mol. The Balaban J connectivity index is 1.66. The highest BCUT2D eigenvalue weighted by Crippen LogP contribution is 2.35. The zero-order valence-corrected chi connectivity index (χ0v) is 14.9. The van der Waals surface area contributed by atoms with Gasteiger partial charge in [0.1, 0.15) is 5.01 Å². The predicted octanol–water partition coefficient (Wildman–Crippen LogP) is 3.73. The van der Waals surface area contributed by atoms with E-state index in [-0.39, 0.29) is 17.9 Å². The van der Waals surface area contributed by atoms with Crippen LogP contribution in [-0.4, -0.2) is 34.9 Å². The van der Waals surface area contributed by atoms with Crippen LogP contribution in [0.3, 0.4) is 0 Å². The summed E-state index contributed by atoms with van der Waals surface area (Å²) in [5.74, 6) is 0.198. The largest absolute Gasteiger partial charge is 0.461 e. The van der Waals surface area contributed by atoms with Crippen LogP contribution in [0.15, 0.2) is 17.5 Å². The molecule has 24 heavy (non-hydrogen) atoms. The number of rotatable bonds is 5. The highest BCUT2D eigenvalue weighted by atomic mass is 32.1. The quantitative estimate of drug-likeness (QED) is 0.601. The third-order valence-corrected chi connectivity index (χ3v) is 5.60. The number of likely N-dealkylation sites (tertiary alicyclic amines) is 1. The maximum absolute atomic E-state index is 12.7.